The van der Waals surface area contributed by atoms with E-state index >= 15 is 0 Å². The average molecular weight is 438 g/mol. The molecule has 2 fully saturated rings. The maximum absolute atomic E-state index is 13.0. The van der Waals surface area contributed by atoms with Crippen LogP contribution in [0.3, 0.4) is 0 Å². The number of nitrogens with one attached hydrogen (secondary N) is 1. The van der Waals surface area contributed by atoms with E-state index in [0.29, 0.717) is 32.8 Å². The topological polar surface area (TPSA) is 71.1 Å². The minimum atomic E-state index is -0.313. The van der Waals surface area contributed by atoms with Gasteiger partial charge in [0.1, 0.15) is 5.75 Å². The predicted octanol–water partition coefficient (Wildman–Crippen LogP) is 2.23. The molecule has 170 valence electrons. The first-order chi connectivity index (χ1) is 15.6. The molecule has 32 heavy (non-hydrogen) atoms. The highest BCUT2D eigenvalue weighted by atomic mass is 16.5. The van der Waals surface area contributed by atoms with E-state index in [0.717, 1.165) is 30.0 Å². The molecule has 2 aliphatic rings. The van der Waals surface area contributed by atoms with Crippen molar-refractivity contribution in [2.45, 2.75) is 19.0 Å². The summed E-state index contributed by atoms with van der Waals surface area (Å²) in [6.45, 7) is 4.52. The zero-order chi connectivity index (χ0) is 22.3. The first kappa shape index (κ1) is 22.3. The third-order valence-corrected chi connectivity index (χ3v) is 6.26. The highest BCUT2D eigenvalue weighted by Gasteiger charge is 2.34. The van der Waals surface area contributed by atoms with E-state index < -0.39 is 0 Å². The molecule has 1 N–H and O–H groups in total. The van der Waals surface area contributed by atoms with Gasteiger partial charge in [0.25, 0.3) is 0 Å². The number of ether oxygens (including phenoxy) is 2. The van der Waals surface area contributed by atoms with Crippen molar-refractivity contribution in [3.63, 3.8) is 0 Å². The van der Waals surface area contributed by atoms with Gasteiger partial charge in [-0.05, 0) is 23.3 Å². The van der Waals surface area contributed by atoms with Crippen molar-refractivity contribution >= 4 is 11.8 Å². The molecule has 2 atom stereocenters. The molecule has 0 radical (unpaired) electrons. The lowest BCUT2D eigenvalue weighted by atomic mass is 10.0. The van der Waals surface area contributed by atoms with Crippen LogP contribution in [0.2, 0.25) is 0 Å². The molecule has 0 aliphatic carbocycles. The smallest absolute Gasteiger partial charge is 0.225 e. The second-order valence-corrected chi connectivity index (χ2v) is 8.34. The van der Waals surface area contributed by atoms with Gasteiger partial charge in [0.05, 0.1) is 32.3 Å². The lowest BCUT2D eigenvalue weighted by Crippen LogP contribution is -2.45. The molecular weight excluding hydrogens is 406 g/mol. The minimum Gasteiger partial charge on any atom is -0.497 e. The highest BCUT2D eigenvalue weighted by molar-refractivity contribution is 5.89. The number of carbonyl (C=O) groups excluding carboxylic acids is 2. The number of carbonyl (C=O) groups is 2. The summed E-state index contributed by atoms with van der Waals surface area (Å²) in [5.74, 6) is 0.475. The molecular formula is C25H31N3O4. The minimum absolute atomic E-state index is 0.0360. The van der Waals surface area contributed by atoms with E-state index in [1.165, 1.54) is 0 Å². The number of hydrogen-bond donors (Lipinski definition) is 1. The van der Waals surface area contributed by atoms with Gasteiger partial charge in [0, 0.05) is 39.1 Å². The molecule has 2 saturated heterocycles. The van der Waals surface area contributed by atoms with Gasteiger partial charge in [-0.1, -0.05) is 42.5 Å². The van der Waals surface area contributed by atoms with Crippen molar-refractivity contribution < 1.29 is 19.1 Å². The van der Waals surface area contributed by atoms with Gasteiger partial charge in [0.2, 0.25) is 11.8 Å². The Morgan fingerprint density at radius 3 is 2.53 bits per heavy atom. The van der Waals surface area contributed by atoms with Gasteiger partial charge < -0.3 is 19.7 Å². The summed E-state index contributed by atoms with van der Waals surface area (Å²) in [4.78, 5) is 29.5. The number of likely N-dealkylation sites (tertiary alicyclic amines) is 1. The van der Waals surface area contributed by atoms with Gasteiger partial charge in [-0.3, -0.25) is 14.5 Å². The van der Waals surface area contributed by atoms with Crippen LogP contribution in [-0.2, 0) is 20.9 Å². The van der Waals surface area contributed by atoms with E-state index in [2.05, 4.69) is 10.2 Å². The largest absolute Gasteiger partial charge is 0.497 e. The Bertz CT molecular complexity index is 897. The summed E-state index contributed by atoms with van der Waals surface area (Å²) in [6, 6.07) is 17.9. The monoisotopic (exact) mass is 437 g/mol. The molecule has 0 spiro atoms. The number of benzene rings is 2. The fourth-order valence-corrected chi connectivity index (χ4v) is 4.42. The number of hydrogen-bond acceptors (Lipinski definition) is 5. The van der Waals surface area contributed by atoms with Crippen molar-refractivity contribution in [2.75, 3.05) is 46.5 Å². The second kappa shape index (κ2) is 10.6. The van der Waals surface area contributed by atoms with Gasteiger partial charge in [-0.2, -0.15) is 0 Å². The maximum atomic E-state index is 13.0. The zero-order valence-corrected chi connectivity index (χ0v) is 18.5. The summed E-state index contributed by atoms with van der Waals surface area (Å²) in [5, 5.41) is 3.12. The highest BCUT2D eigenvalue weighted by Crippen LogP contribution is 2.25. The summed E-state index contributed by atoms with van der Waals surface area (Å²) in [6.07, 6.45) is 0.267. The van der Waals surface area contributed by atoms with E-state index in [4.69, 9.17) is 9.47 Å². The third-order valence-electron chi connectivity index (χ3n) is 6.26. The summed E-state index contributed by atoms with van der Waals surface area (Å²) in [7, 11) is 1.65. The normalized spacial score (nSPS) is 20.2. The second-order valence-electron chi connectivity index (χ2n) is 8.34. The molecule has 7 heteroatoms. The van der Waals surface area contributed by atoms with E-state index in [9.17, 15) is 9.59 Å². The first-order valence-electron chi connectivity index (χ1n) is 11.2. The fraction of sp³-hybridized carbons (Fsp3) is 0.440. The molecule has 0 aromatic heterocycles. The molecule has 0 bridgehead atoms. The Balaban J connectivity index is 1.37. The van der Waals surface area contributed by atoms with Crippen molar-refractivity contribution in [2.24, 2.45) is 5.92 Å². The molecule has 2 aromatic rings. The van der Waals surface area contributed by atoms with E-state index in [1.54, 1.807) is 12.0 Å². The number of amides is 2. The molecule has 0 unspecified atom stereocenters. The average Bonchev–Trinajstić information content (AvgIpc) is 3.21. The SMILES string of the molecule is COc1ccc([C@H](CNC(=O)[C@H]2CC(=O)N(Cc3ccccc3)C2)N2CCOCC2)cc1. The molecule has 2 heterocycles. The Kier molecular flexibility index (Phi) is 7.39. The van der Waals surface area contributed by atoms with Crippen LogP contribution < -0.4 is 10.1 Å². The molecule has 0 saturated carbocycles. The van der Waals surface area contributed by atoms with E-state index in [-0.39, 0.29) is 30.2 Å². The van der Waals surface area contributed by atoms with Gasteiger partial charge in [-0.25, -0.2) is 0 Å². The first-order valence-corrected chi connectivity index (χ1v) is 11.2. The summed E-state index contributed by atoms with van der Waals surface area (Å²) in [5.41, 5.74) is 2.20. The van der Waals surface area contributed by atoms with Crippen molar-refractivity contribution in [1.82, 2.24) is 15.1 Å². The predicted molar refractivity (Wildman–Crippen MR) is 121 cm³/mol. The number of nitrogens with zero attached hydrogens (tertiary/aromatic N) is 2. The Hall–Kier alpha value is -2.90. The molecule has 4 rings (SSSR count). The number of methoxy groups -OCH3 is 1. The van der Waals surface area contributed by atoms with Gasteiger partial charge in [0.15, 0.2) is 0 Å². The van der Waals surface area contributed by atoms with Crippen LogP contribution in [-0.4, -0.2) is 68.1 Å². The standard InChI is InChI=1S/C25H31N3O4/c1-31-22-9-7-20(8-10-22)23(27-11-13-32-14-12-27)16-26-25(30)21-15-24(29)28(18-21)17-19-5-3-2-4-6-19/h2-10,21,23H,11-18H2,1H3,(H,26,30)/t21-,23-/m0/s1. The lowest BCUT2D eigenvalue weighted by molar-refractivity contribution is -0.129. The Morgan fingerprint density at radius 1 is 1.12 bits per heavy atom. The quantitative estimate of drug-likeness (QED) is 0.686. The Labute approximate surface area is 189 Å². The summed E-state index contributed by atoms with van der Waals surface area (Å²) < 4.78 is 10.8. The number of rotatable bonds is 8. The van der Waals surface area contributed by atoms with Gasteiger partial charge >= 0.3 is 0 Å². The van der Waals surface area contributed by atoms with Crippen LogP contribution in [0.15, 0.2) is 54.6 Å². The van der Waals surface area contributed by atoms with Crippen LogP contribution in [0.4, 0.5) is 0 Å². The van der Waals surface area contributed by atoms with Crippen LogP contribution >= 0.6 is 0 Å². The van der Waals surface area contributed by atoms with Crippen LogP contribution in [0.1, 0.15) is 23.6 Å². The molecule has 2 aromatic carbocycles. The van der Waals surface area contributed by atoms with Gasteiger partial charge in [-0.15, -0.1) is 0 Å². The number of morpholine rings is 1. The van der Waals surface area contributed by atoms with Crippen molar-refractivity contribution in [1.29, 1.82) is 0 Å². The van der Waals surface area contributed by atoms with E-state index in [1.807, 2.05) is 54.6 Å². The lowest BCUT2D eigenvalue weighted by Gasteiger charge is -2.35. The van der Waals surface area contributed by atoms with Crippen LogP contribution in [0.25, 0.3) is 0 Å². The maximum Gasteiger partial charge on any atom is 0.225 e. The fourth-order valence-electron chi connectivity index (χ4n) is 4.42. The molecule has 7 nitrogen and oxygen atoms in total. The van der Waals surface area contributed by atoms with Crippen LogP contribution in [0, 0.1) is 5.92 Å². The third kappa shape index (κ3) is 5.47. The molecule has 2 amide bonds. The Morgan fingerprint density at radius 2 is 1.84 bits per heavy atom. The summed E-state index contributed by atoms with van der Waals surface area (Å²) >= 11 is 0. The molecule has 2 aliphatic heterocycles. The zero-order valence-electron chi connectivity index (χ0n) is 18.5. The van der Waals surface area contributed by atoms with Crippen LogP contribution in [0.5, 0.6) is 5.75 Å². The van der Waals surface area contributed by atoms with Crippen molar-refractivity contribution in [3.8, 4) is 5.75 Å². The van der Waals surface area contributed by atoms with Crippen molar-refractivity contribution in [3.05, 3.63) is 65.7 Å².